The molecular weight excluding hydrogens is 478 g/mol. The van der Waals surface area contributed by atoms with E-state index in [1.807, 2.05) is 0 Å². The number of hydrogen-bond acceptors (Lipinski definition) is 1. The Morgan fingerprint density at radius 2 is 0.659 bits per heavy atom. The highest BCUT2D eigenvalue weighted by molar-refractivity contribution is 6.73. The average molecular weight is 483 g/mol. The fourth-order valence-corrected chi connectivity index (χ4v) is 5.14. The summed E-state index contributed by atoms with van der Waals surface area (Å²) in [5.41, 5.74) is 3.97. The molecule has 0 heterocycles. The van der Waals surface area contributed by atoms with Crippen LogP contribution in [-0.2, 0) is 0 Å². The number of hydrogen-bond donors (Lipinski definition) is 1. The van der Waals surface area contributed by atoms with Crippen LogP contribution in [-0.4, -0.2) is 110 Å². The monoisotopic (exact) mass is 485 g/mol. The van der Waals surface area contributed by atoms with E-state index in [9.17, 15) is 0 Å². The fraction of sp³-hybridized carbons (Fsp3) is 0. The summed E-state index contributed by atoms with van der Waals surface area (Å²) in [6.07, 6.45) is 0. The van der Waals surface area contributed by atoms with Gasteiger partial charge in [0.1, 0.15) is 110 Å². The van der Waals surface area contributed by atoms with Crippen molar-refractivity contribution in [3.05, 3.63) is 24.3 Å². The van der Waals surface area contributed by atoms with Gasteiger partial charge in [-0.3, -0.25) is 0 Å². The van der Waals surface area contributed by atoms with Crippen LogP contribution in [0.1, 0.15) is 0 Å². The lowest BCUT2D eigenvalue weighted by molar-refractivity contribution is 1.60. The van der Waals surface area contributed by atoms with E-state index in [2.05, 4.69) is 5.32 Å². The third-order valence-electron chi connectivity index (χ3n) is 7.50. The molecule has 5 aromatic carbocycles. The molecular formula is C26H5B14N. The SMILES string of the molecule is [B]c1c([B])c([B])c2c([B])c(Nc3ccc(-c4c([B])c([B])c([B])c5c([B])c([B])c([B])c([B])c45)cc3)c([B])c([B])c2c1[B]. The van der Waals surface area contributed by atoms with Crippen LogP contribution in [0.2, 0.25) is 0 Å². The van der Waals surface area contributed by atoms with E-state index in [1.54, 1.807) is 24.3 Å². The molecule has 0 bridgehead atoms. The van der Waals surface area contributed by atoms with Crippen LogP contribution >= 0.6 is 0 Å². The molecule has 0 saturated carbocycles. The molecule has 5 rings (SSSR count). The van der Waals surface area contributed by atoms with Gasteiger partial charge in [0.15, 0.2) is 0 Å². The number of fused-ring (bicyclic) bond motifs is 2. The van der Waals surface area contributed by atoms with Gasteiger partial charge in [0.25, 0.3) is 0 Å². The van der Waals surface area contributed by atoms with Crippen molar-refractivity contribution in [1.29, 1.82) is 0 Å². The van der Waals surface area contributed by atoms with Crippen molar-refractivity contribution in [1.82, 2.24) is 0 Å². The molecule has 0 amide bonds. The Kier molecular flexibility index (Phi) is 7.67. The second-order valence-corrected chi connectivity index (χ2v) is 9.74. The topological polar surface area (TPSA) is 12.0 Å². The molecule has 0 aromatic heterocycles. The largest absolute Gasteiger partial charge is 0.356 e. The Labute approximate surface area is 259 Å². The molecule has 1 nitrogen and oxygen atoms in total. The number of rotatable bonds is 3. The van der Waals surface area contributed by atoms with Gasteiger partial charge >= 0.3 is 0 Å². The molecule has 1 N–H and O–H groups in total. The zero-order chi connectivity index (χ0) is 30.2. The summed E-state index contributed by atoms with van der Waals surface area (Å²) in [6.45, 7) is 0. The summed E-state index contributed by atoms with van der Waals surface area (Å²) in [5, 5.41) is 4.64. The minimum Gasteiger partial charge on any atom is -0.356 e. The molecule has 156 valence electrons. The zero-order valence-electron chi connectivity index (χ0n) is 21.9. The van der Waals surface area contributed by atoms with Gasteiger partial charge in [-0.1, -0.05) is 61.3 Å². The highest BCUT2D eigenvalue weighted by Crippen LogP contribution is 2.25. The van der Waals surface area contributed by atoms with Crippen LogP contribution in [0.15, 0.2) is 24.3 Å². The minimum atomic E-state index is 0.0936. The van der Waals surface area contributed by atoms with Crippen molar-refractivity contribution in [2.45, 2.75) is 0 Å². The van der Waals surface area contributed by atoms with Crippen molar-refractivity contribution >= 4 is 219 Å². The Balaban J connectivity index is 1.67. The van der Waals surface area contributed by atoms with Gasteiger partial charge < -0.3 is 5.32 Å². The van der Waals surface area contributed by atoms with Crippen LogP contribution in [0.5, 0.6) is 0 Å². The molecule has 0 aliphatic heterocycles. The van der Waals surface area contributed by atoms with Crippen LogP contribution in [0.25, 0.3) is 32.7 Å². The van der Waals surface area contributed by atoms with E-state index in [4.69, 9.17) is 110 Å². The minimum absolute atomic E-state index is 0.0936. The normalized spacial score (nSPS) is 11.3. The maximum absolute atomic E-state index is 6.50. The molecule has 0 unspecified atom stereocenters. The number of nitrogens with one attached hydrogen (secondary N) is 1. The summed E-state index contributed by atoms with van der Waals surface area (Å²) in [5.74, 6) is 0. The van der Waals surface area contributed by atoms with Crippen LogP contribution < -0.4 is 81.8 Å². The third-order valence-corrected chi connectivity index (χ3v) is 7.50. The predicted octanol–water partition coefficient (Wildman–Crippen LogP) is -9.48. The summed E-state index contributed by atoms with van der Waals surface area (Å²) in [6, 6.07) is 7.05. The van der Waals surface area contributed by atoms with E-state index in [1.165, 1.54) is 0 Å². The highest BCUT2D eigenvalue weighted by Gasteiger charge is 2.19. The zero-order valence-corrected chi connectivity index (χ0v) is 21.9. The van der Waals surface area contributed by atoms with Crippen LogP contribution in [0.3, 0.4) is 0 Å². The fourth-order valence-electron chi connectivity index (χ4n) is 5.14. The van der Waals surface area contributed by atoms with Gasteiger partial charge in [0, 0.05) is 11.4 Å². The first-order chi connectivity index (χ1) is 19.2. The quantitative estimate of drug-likeness (QED) is 0.252. The second kappa shape index (κ2) is 10.6. The van der Waals surface area contributed by atoms with Gasteiger partial charge in [-0.05, 0) is 44.8 Å². The maximum Gasteiger partial charge on any atom is 0.117 e. The lowest BCUT2D eigenvalue weighted by Crippen LogP contribution is -2.52. The van der Waals surface area contributed by atoms with E-state index in [0.717, 1.165) is 0 Å². The Hall–Kier alpha value is -2.67. The number of benzene rings is 5. The van der Waals surface area contributed by atoms with Gasteiger partial charge in [-0.25, -0.2) is 0 Å². The van der Waals surface area contributed by atoms with Gasteiger partial charge in [0.2, 0.25) is 0 Å². The first-order valence-corrected chi connectivity index (χ1v) is 12.1. The lowest BCUT2D eigenvalue weighted by atomic mass is 9.59. The molecule has 0 aliphatic carbocycles. The first-order valence-electron chi connectivity index (χ1n) is 12.1. The molecule has 0 saturated heterocycles. The van der Waals surface area contributed by atoms with Crippen LogP contribution in [0, 0.1) is 0 Å². The summed E-state index contributed by atoms with van der Waals surface area (Å²) in [7, 11) is 87.5. The van der Waals surface area contributed by atoms with E-state index in [0.29, 0.717) is 44.0 Å². The molecule has 0 atom stereocenters. The summed E-state index contributed by atoms with van der Waals surface area (Å²) < 4.78 is 0. The lowest BCUT2D eigenvalue weighted by Gasteiger charge is -2.26. The average Bonchev–Trinajstić information content (AvgIpc) is 2.95. The highest BCUT2D eigenvalue weighted by atomic mass is 14.9. The number of anilines is 2. The van der Waals surface area contributed by atoms with E-state index >= 15 is 0 Å². The smallest absolute Gasteiger partial charge is 0.117 e. The maximum atomic E-state index is 6.50. The van der Waals surface area contributed by atoms with Gasteiger partial charge in [0.05, 0.1) is 0 Å². The predicted molar refractivity (Wildman–Crippen MR) is 192 cm³/mol. The molecule has 28 radical (unpaired) electrons. The van der Waals surface area contributed by atoms with Gasteiger partial charge in [-0.15, -0.1) is 27.3 Å². The van der Waals surface area contributed by atoms with Crippen molar-refractivity contribution in [3.8, 4) is 11.1 Å². The third kappa shape index (κ3) is 4.36. The first kappa shape index (κ1) is 29.8. The molecule has 0 fully saturated rings. The molecule has 41 heavy (non-hydrogen) atoms. The van der Waals surface area contributed by atoms with Crippen molar-refractivity contribution in [3.63, 3.8) is 0 Å². The van der Waals surface area contributed by atoms with Crippen LogP contribution in [0.4, 0.5) is 11.4 Å². The summed E-state index contributed by atoms with van der Waals surface area (Å²) >= 11 is 0. The van der Waals surface area contributed by atoms with Crippen molar-refractivity contribution in [2.24, 2.45) is 0 Å². The molecule has 15 heteroatoms. The standard InChI is InChI=1S/C26H5B14N/c27-12-7(8-9(14(29)20(12)35)15(30)22(37)21(36)13(8)28)5-1-3-6(4-2-5)41-26-19(34)11-10(18(33)25(26)40)16(31)23(38)24(39)17(11)32/h1-4,41H. The van der Waals surface area contributed by atoms with Crippen molar-refractivity contribution in [2.75, 3.05) is 5.32 Å². The Bertz CT molecular complexity index is 1940. The Morgan fingerprint density at radius 3 is 1.12 bits per heavy atom. The van der Waals surface area contributed by atoms with Crippen molar-refractivity contribution < 1.29 is 0 Å². The Morgan fingerprint density at radius 1 is 0.317 bits per heavy atom. The molecule has 0 spiro atoms. The second-order valence-electron chi connectivity index (χ2n) is 9.74. The molecule has 5 aromatic rings. The summed E-state index contributed by atoms with van der Waals surface area (Å²) in [4.78, 5) is 0. The van der Waals surface area contributed by atoms with Gasteiger partial charge in [-0.2, -0.15) is 0 Å². The van der Waals surface area contributed by atoms with E-state index < -0.39 is 0 Å². The molecule has 0 aliphatic rings. The van der Waals surface area contributed by atoms with E-state index in [-0.39, 0.29) is 76.5 Å².